The second kappa shape index (κ2) is 8.59. The van der Waals surface area contributed by atoms with Crippen molar-refractivity contribution in [1.82, 2.24) is 9.80 Å². The molecule has 0 unspecified atom stereocenters. The fourth-order valence-electron chi connectivity index (χ4n) is 2.94. The number of nitrogens with one attached hydrogen (secondary N) is 1. The van der Waals surface area contributed by atoms with Crippen LogP contribution in [0, 0.1) is 0 Å². The van der Waals surface area contributed by atoms with Gasteiger partial charge in [-0.2, -0.15) is 0 Å². The van der Waals surface area contributed by atoms with Crippen LogP contribution in [0.15, 0.2) is 41.0 Å². The fraction of sp³-hybridized carbons (Fsp3) is 0.368. The third kappa shape index (κ3) is 4.59. The monoisotopic (exact) mass is 373 g/mol. The quantitative estimate of drug-likeness (QED) is 0.783. The Morgan fingerprint density at radius 3 is 2.44 bits per heavy atom. The lowest BCUT2D eigenvalue weighted by molar-refractivity contribution is 0.0857. The maximum Gasteiger partial charge on any atom is 0.321 e. The van der Waals surface area contributed by atoms with Crippen LogP contribution in [0.25, 0.3) is 0 Å². The number of ketones is 1. The Hall–Kier alpha value is -3.00. The number of furan rings is 1. The predicted octanol–water partition coefficient (Wildman–Crippen LogP) is 2.33. The molecule has 27 heavy (non-hydrogen) atoms. The molecule has 0 saturated carbocycles. The molecule has 2 heterocycles. The lowest BCUT2D eigenvalue weighted by Gasteiger charge is -2.34. The first-order chi connectivity index (χ1) is 13.1. The molecular weight excluding hydrogens is 350 g/mol. The summed E-state index contributed by atoms with van der Waals surface area (Å²) in [4.78, 5) is 28.3. The van der Waals surface area contributed by atoms with E-state index in [4.69, 9.17) is 13.9 Å². The number of hydrogen-bond acceptors (Lipinski definition) is 6. The topological polar surface area (TPSA) is 84.3 Å². The van der Waals surface area contributed by atoms with Gasteiger partial charge >= 0.3 is 6.03 Å². The second-order valence-corrected chi connectivity index (χ2v) is 6.16. The Labute approximate surface area is 157 Å². The van der Waals surface area contributed by atoms with Gasteiger partial charge in [-0.05, 0) is 24.3 Å². The molecule has 0 aliphatic carbocycles. The summed E-state index contributed by atoms with van der Waals surface area (Å²) in [7, 11) is 3.11. The van der Waals surface area contributed by atoms with Crippen LogP contribution in [-0.2, 0) is 0 Å². The Bertz CT molecular complexity index is 783. The van der Waals surface area contributed by atoms with Crippen LogP contribution in [0.5, 0.6) is 11.5 Å². The van der Waals surface area contributed by atoms with Crippen molar-refractivity contribution in [2.45, 2.75) is 0 Å². The minimum Gasteiger partial charge on any atom is -0.493 e. The number of methoxy groups -OCH3 is 2. The molecule has 144 valence electrons. The molecule has 3 rings (SSSR count). The molecule has 8 nitrogen and oxygen atoms in total. The number of anilines is 1. The molecule has 2 amide bonds. The summed E-state index contributed by atoms with van der Waals surface area (Å²) in [5.41, 5.74) is 0.632. The number of carbonyl (C=O) groups excluding carboxylic acids is 2. The van der Waals surface area contributed by atoms with Crippen molar-refractivity contribution in [3.05, 3.63) is 42.4 Å². The summed E-state index contributed by atoms with van der Waals surface area (Å²) >= 11 is 0. The van der Waals surface area contributed by atoms with E-state index in [1.165, 1.54) is 6.26 Å². The number of amides is 2. The van der Waals surface area contributed by atoms with E-state index in [9.17, 15) is 9.59 Å². The van der Waals surface area contributed by atoms with E-state index in [0.29, 0.717) is 55.7 Å². The van der Waals surface area contributed by atoms with Gasteiger partial charge in [0.1, 0.15) is 0 Å². The number of carbonyl (C=O) groups is 2. The van der Waals surface area contributed by atoms with E-state index >= 15 is 0 Å². The van der Waals surface area contributed by atoms with Crippen LogP contribution in [0.4, 0.5) is 10.5 Å². The molecule has 1 aromatic carbocycles. The lowest BCUT2D eigenvalue weighted by atomic mass is 10.2. The fourth-order valence-corrected chi connectivity index (χ4v) is 2.94. The van der Waals surface area contributed by atoms with E-state index < -0.39 is 0 Å². The van der Waals surface area contributed by atoms with Crippen LogP contribution in [0.2, 0.25) is 0 Å². The van der Waals surface area contributed by atoms with Crippen molar-refractivity contribution in [2.75, 3.05) is 52.3 Å². The Morgan fingerprint density at radius 1 is 1.07 bits per heavy atom. The van der Waals surface area contributed by atoms with E-state index in [-0.39, 0.29) is 11.8 Å². The zero-order valence-corrected chi connectivity index (χ0v) is 15.4. The van der Waals surface area contributed by atoms with E-state index in [1.807, 2.05) is 4.90 Å². The number of benzene rings is 1. The summed E-state index contributed by atoms with van der Waals surface area (Å²) < 4.78 is 15.6. The van der Waals surface area contributed by atoms with Crippen molar-refractivity contribution in [1.29, 1.82) is 0 Å². The first-order valence-electron chi connectivity index (χ1n) is 8.67. The first kappa shape index (κ1) is 18.8. The van der Waals surface area contributed by atoms with Crippen molar-refractivity contribution in [3.63, 3.8) is 0 Å². The van der Waals surface area contributed by atoms with Gasteiger partial charge in [0.15, 0.2) is 17.3 Å². The van der Waals surface area contributed by atoms with Crippen molar-refractivity contribution >= 4 is 17.5 Å². The molecule has 0 atom stereocenters. The van der Waals surface area contributed by atoms with Gasteiger partial charge in [-0.1, -0.05) is 0 Å². The largest absolute Gasteiger partial charge is 0.493 e. The third-order valence-corrected chi connectivity index (χ3v) is 4.46. The molecule has 1 aliphatic heterocycles. The summed E-state index contributed by atoms with van der Waals surface area (Å²) in [6.45, 7) is 2.64. The summed E-state index contributed by atoms with van der Waals surface area (Å²) in [5, 5.41) is 2.87. The van der Waals surface area contributed by atoms with E-state index in [1.54, 1.807) is 49.5 Å². The van der Waals surface area contributed by atoms with Crippen molar-refractivity contribution in [3.8, 4) is 11.5 Å². The second-order valence-electron chi connectivity index (χ2n) is 6.16. The van der Waals surface area contributed by atoms with Crippen molar-refractivity contribution in [2.24, 2.45) is 0 Å². The van der Waals surface area contributed by atoms with Gasteiger partial charge in [0.25, 0.3) is 0 Å². The highest BCUT2D eigenvalue weighted by Gasteiger charge is 2.23. The van der Waals surface area contributed by atoms with Gasteiger partial charge in [-0.3, -0.25) is 9.69 Å². The molecule has 2 aromatic rings. The Kier molecular flexibility index (Phi) is 5.97. The summed E-state index contributed by atoms with van der Waals surface area (Å²) in [5.74, 6) is 1.47. The van der Waals surface area contributed by atoms with Crippen LogP contribution < -0.4 is 14.8 Å². The summed E-state index contributed by atoms with van der Waals surface area (Å²) in [6.07, 6.45) is 1.49. The highest BCUT2D eigenvalue weighted by Crippen LogP contribution is 2.29. The normalized spacial score (nSPS) is 14.7. The highest BCUT2D eigenvalue weighted by atomic mass is 16.5. The molecule has 0 radical (unpaired) electrons. The van der Waals surface area contributed by atoms with Crippen molar-refractivity contribution < 1.29 is 23.5 Å². The molecular formula is C19H23N3O5. The van der Waals surface area contributed by atoms with Crippen LogP contribution in [-0.4, -0.2) is 68.6 Å². The number of urea groups is 1. The number of hydrogen-bond donors (Lipinski definition) is 1. The number of nitrogens with zero attached hydrogens (tertiary/aromatic N) is 2. The summed E-state index contributed by atoms with van der Waals surface area (Å²) in [6, 6.07) is 8.40. The number of rotatable bonds is 6. The molecule has 1 fully saturated rings. The molecule has 0 spiro atoms. The molecule has 1 aliphatic rings. The zero-order chi connectivity index (χ0) is 19.2. The third-order valence-electron chi connectivity index (χ3n) is 4.46. The van der Waals surface area contributed by atoms with Crippen LogP contribution in [0.3, 0.4) is 0 Å². The maximum atomic E-state index is 12.5. The number of ether oxygens (including phenoxy) is 2. The highest BCUT2D eigenvalue weighted by molar-refractivity contribution is 5.95. The smallest absolute Gasteiger partial charge is 0.321 e. The standard InChI is InChI=1S/C19H23N3O5/c1-25-17-6-5-14(12-18(17)26-2)20-19(24)22-9-7-21(8-10-22)13-15(23)16-4-3-11-27-16/h3-6,11-12H,7-10,13H2,1-2H3,(H,20,24). The van der Waals surface area contributed by atoms with Gasteiger partial charge in [0, 0.05) is 37.9 Å². The molecule has 8 heteroatoms. The molecule has 1 N–H and O–H groups in total. The maximum absolute atomic E-state index is 12.5. The lowest BCUT2D eigenvalue weighted by Crippen LogP contribution is -2.51. The minimum atomic E-state index is -0.181. The van der Waals surface area contributed by atoms with Crippen LogP contribution >= 0.6 is 0 Å². The number of piperazine rings is 1. The molecule has 0 bridgehead atoms. The molecule has 1 saturated heterocycles. The van der Waals surface area contributed by atoms with E-state index in [2.05, 4.69) is 5.32 Å². The van der Waals surface area contributed by atoms with Gasteiger partial charge in [0.05, 0.1) is 27.0 Å². The first-order valence-corrected chi connectivity index (χ1v) is 8.67. The van der Waals surface area contributed by atoms with Gasteiger partial charge in [0.2, 0.25) is 5.78 Å². The van der Waals surface area contributed by atoms with E-state index in [0.717, 1.165) is 0 Å². The van der Waals surface area contributed by atoms with Gasteiger partial charge in [-0.15, -0.1) is 0 Å². The average Bonchev–Trinajstić information content (AvgIpc) is 3.23. The SMILES string of the molecule is COc1ccc(NC(=O)N2CCN(CC(=O)c3ccco3)CC2)cc1OC. The number of Topliss-reactive ketones (excluding diaryl/α,β-unsaturated/α-hetero) is 1. The van der Waals surface area contributed by atoms with Crippen LogP contribution in [0.1, 0.15) is 10.6 Å². The Morgan fingerprint density at radius 2 is 1.81 bits per heavy atom. The van der Waals surface area contributed by atoms with Gasteiger partial charge in [-0.25, -0.2) is 4.79 Å². The minimum absolute atomic E-state index is 0.0526. The zero-order valence-electron chi connectivity index (χ0n) is 15.4. The van der Waals surface area contributed by atoms with Gasteiger partial charge < -0.3 is 24.1 Å². The Balaban J connectivity index is 1.50. The molecule has 1 aromatic heterocycles. The average molecular weight is 373 g/mol. The predicted molar refractivity (Wildman–Crippen MR) is 99.6 cm³/mol.